The second-order valence-corrected chi connectivity index (χ2v) is 4.60. The van der Waals surface area contributed by atoms with Crippen LogP contribution in [0.25, 0.3) is 0 Å². The quantitative estimate of drug-likeness (QED) is 0.844. The average molecular weight is 240 g/mol. The van der Waals surface area contributed by atoms with Crippen LogP contribution in [0.4, 0.5) is 5.69 Å². The van der Waals surface area contributed by atoms with Crippen molar-refractivity contribution in [1.29, 1.82) is 0 Å². The van der Waals surface area contributed by atoms with Crippen LogP contribution in [0.5, 0.6) is 0 Å². The van der Waals surface area contributed by atoms with Crippen LogP contribution in [0, 0.1) is 6.92 Å². The van der Waals surface area contributed by atoms with Crippen molar-refractivity contribution in [2.45, 2.75) is 6.92 Å². The third-order valence-electron chi connectivity index (χ3n) is 2.89. The molecule has 1 aliphatic heterocycles. The maximum atomic E-state index is 5.92. The molecule has 0 amide bonds. The van der Waals surface area contributed by atoms with Crippen molar-refractivity contribution in [3.05, 3.63) is 28.8 Å². The Hall–Kier alpha value is -0.770. The molecule has 4 heteroatoms. The largest absolute Gasteiger partial charge is 0.372 e. The van der Waals surface area contributed by atoms with Crippen molar-refractivity contribution < 1.29 is 0 Å². The lowest BCUT2D eigenvalue weighted by atomic mass is 10.2. The molecule has 0 spiro atoms. The molecule has 0 saturated carbocycles. The summed E-state index contributed by atoms with van der Waals surface area (Å²) in [5.41, 5.74) is 2.37. The highest BCUT2D eigenvalue weighted by atomic mass is 35.5. The van der Waals surface area contributed by atoms with E-state index in [9.17, 15) is 0 Å². The number of piperazine rings is 1. The first-order valence-corrected chi connectivity index (χ1v) is 6.06. The van der Waals surface area contributed by atoms with Gasteiger partial charge in [-0.3, -0.25) is 4.90 Å². The van der Waals surface area contributed by atoms with Crippen LogP contribution in [0.3, 0.4) is 0 Å². The highest BCUT2D eigenvalue weighted by molar-refractivity contribution is 6.30. The van der Waals surface area contributed by atoms with Crippen LogP contribution in [0.1, 0.15) is 5.56 Å². The second kappa shape index (κ2) is 5.53. The molecule has 0 unspecified atom stereocenters. The molecule has 1 fully saturated rings. The smallest absolute Gasteiger partial charge is 0.0679 e. The number of aryl methyl sites for hydroxylation is 1. The molecular weight excluding hydrogens is 222 g/mol. The predicted octanol–water partition coefficient (Wildman–Crippen LogP) is 1.92. The van der Waals surface area contributed by atoms with Crippen LogP contribution in [0.2, 0.25) is 5.02 Å². The van der Waals surface area contributed by atoms with Crippen LogP contribution in [-0.4, -0.2) is 37.7 Å². The minimum atomic E-state index is 0.797. The van der Waals surface area contributed by atoms with Crippen molar-refractivity contribution in [3.8, 4) is 0 Å². The minimum Gasteiger partial charge on any atom is -0.372 e. The Bertz CT molecular complexity index is 348. The minimum absolute atomic E-state index is 0.797. The Morgan fingerprint density at radius 2 is 2.12 bits per heavy atom. The molecule has 0 aromatic heterocycles. The van der Waals surface area contributed by atoms with Gasteiger partial charge in [0.15, 0.2) is 0 Å². The zero-order valence-electron chi connectivity index (χ0n) is 9.59. The molecule has 1 saturated heterocycles. The molecule has 0 aliphatic carbocycles. The van der Waals surface area contributed by atoms with E-state index in [0.29, 0.717) is 0 Å². The molecule has 0 bridgehead atoms. The Balaban J connectivity index is 1.88. The molecule has 16 heavy (non-hydrogen) atoms. The van der Waals surface area contributed by atoms with E-state index in [1.807, 2.05) is 18.2 Å². The Morgan fingerprint density at radius 1 is 1.38 bits per heavy atom. The summed E-state index contributed by atoms with van der Waals surface area (Å²) in [5, 5.41) is 7.59. The van der Waals surface area contributed by atoms with Gasteiger partial charge >= 0.3 is 0 Å². The van der Waals surface area contributed by atoms with E-state index < -0.39 is 0 Å². The third kappa shape index (κ3) is 3.11. The molecule has 2 N–H and O–H groups in total. The summed E-state index contributed by atoms with van der Waals surface area (Å²) in [4.78, 5) is 2.41. The zero-order chi connectivity index (χ0) is 11.4. The van der Waals surface area contributed by atoms with Gasteiger partial charge in [-0.2, -0.15) is 0 Å². The lowest BCUT2D eigenvalue weighted by Crippen LogP contribution is -2.45. The van der Waals surface area contributed by atoms with E-state index in [1.165, 1.54) is 11.3 Å². The molecule has 1 heterocycles. The van der Waals surface area contributed by atoms with Gasteiger partial charge in [-0.05, 0) is 30.7 Å². The number of hydrogen-bond acceptors (Lipinski definition) is 3. The molecule has 2 rings (SSSR count). The second-order valence-electron chi connectivity index (χ2n) is 4.16. The predicted molar refractivity (Wildman–Crippen MR) is 69.1 cm³/mol. The van der Waals surface area contributed by atoms with Crippen molar-refractivity contribution in [1.82, 2.24) is 10.2 Å². The number of nitrogens with zero attached hydrogens (tertiary/aromatic N) is 1. The molecule has 0 radical (unpaired) electrons. The number of nitrogens with one attached hydrogen (secondary N) is 2. The summed E-state index contributed by atoms with van der Waals surface area (Å²) in [5.74, 6) is 0. The van der Waals surface area contributed by atoms with E-state index in [-0.39, 0.29) is 0 Å². The van der Waals surface area contributed by atoms with Crippen molar-refractivity contribution in [3.63, 3.8) is 0 Å². The van der Waals surface area contributed by atoms with Crippen molar-refractivity contribution in [2.24, 2.45) is 0 Å². The van der Waals surface area contributed by atoms with E-state index in [1.54, 1.807) is 0 Å². The van der Waals surface area contributed by atoms with Crippen LogP contribution < -0.4 is 10.6 Å². The van der Waals surface area contributed by atoms with Gasteiger partial charge in [-0.15, -0.1) is 0 Å². The highest BCUT2D eigenvalue weighted by Gasteiger charge is 2.08. The summed E-state index contributed by atoms with van der Waals surface area (Å²) in [7, 11) is 0. The van der Waals surface area contributed by atoms with E-state index in [4.69, 9.17) is 11.6 Å². The number of rotatable bonds is 3. The molecule has 3 nitrogen and oxygen atoms in total. The van der Waals surface area contributed by atoms with Crippen molar-refractivity contribution in [2.75, 3.05) is 38.2 Å². The van der Waals surface area contributed by atoms with Gasteiger partial charge in [0.25, 0.3) is 0 Å². The fraction of sp³-hybridized carbons (Fsp3) is 0.500. The Kier molecular flexibility index (Phi) is 4.04. The van der Waals surface area contributed by atoms with Gasteiger partial charge in [0.05, 0.1) is 6.67 Å². The molecular formula is C12H18ClN3. The van der Waals surface area contributed by atoms with Gasteiger partial charge in [0.2, 0.25) is 0 Å². The summed E-state index contributed by atoms with van der Waals surface area (Å²) in [6, 6.07) is 5.95. The number of hydrogen-bond donors (Lipinski definition) is 2. The first-order valence-electron chi connectivity index (χ1n) is 5.69. The lowest BCUT2D eigenvalue weighted by Gasteiger charge is -2.27. The van der Waals surface area contributed by atoms with Gasteiger partial charge in [0, 0.05) is 36.9 Å². The summed E-state index contributed by atoms with van der Waals surface area (Å²) >= 11 is 5.92. The number of benzene rings is 1. The molecule has 88 valence electrons. The standard InChI is InChI=1S/C12H18ClN3/c1-10-8-11(13)2-3-12(10)15-9-16-6-4-14-5-7-16/h2-3,8,14-15H,4-7,9H2,1H3. The fourth-order valence-corrected chi connectivity index (χ4v) is 2.12. The Labute approximate surface area is 102 Å². The van der Waals surface area contributed by atoms with Gasteiger partial charge in [-0.1, -0.05) is 11.6 Å². The first-order chi connectivity index (χ1) is 7.75. The van der Waals surface area contributed by atoms with Crippen molar-refractivity contribution >= 4 is 17.3 Å². The number of anilines is 1. The molecule has 0 atom stereocenters. The maximum Gasteiger partial charge on any atom is 0.0679 e. The third-order valence-corrected chi connectivity index (χ3v) is 3.13. The van der Waals surface area contributed by atoms with E-state index >= 15 is 0 Å². The fourth-order valence-electron chi connectivity index (χ4n) is 1.89. The summed E-state index contributed by atoms with van der Waals surface area (Å²) in [6.45, 7) is 7.37. The zero-order valence-corrected chi connectivity index (χ0v) is 10.3. The number of halogens is 1. The lowest BCUT2D eigenvalue weighted by molar-refractivity contribution is 0.256. The monoisotopic (exact) mass is 239 g/mol. The van der Waals surface area contributed by atoms with Gasteiger partial charge in [-0.25, -0.2) is 0 Å². The van der Waals surface area contributed by atoms with Gasteiger partial charge in [0.1, 0.15) is 0 Å². The summed E-state index contributed by atoms with van der Waals surface area (Å²) < 4.78 is 0. The van der Waals surface area contributed by atoms with Crippen LogP contribution in [-0.2, 0) is 0 Å². The molecule has 1 aromatic carbocycles. The summed E-state index contributed by atoms with van der Waals surface area (Å²) in [6.07, 6.45) is 0. The normalized spacial score (nSPS) is 17.4. The van der Waals surface area contributed by atoms with E-state index in [0.717, 1.165) is 37.9 Å². The molecule has 1 aromatic rings. The Morgan fingerprint density at radius 3 is 2.81 bits per heavy atom. The SMILES string of the molecule is Cc1cc(Cl)ccc1NCN1CCNCC1. The first kappa shape index (κ1) is 11.7. The highest BCUT2D eigenvalue weighted by Crippen LogP contribution is 2.19. The van der Waals surface area contributed by atoms with Gasteiger partial charge < -0.3 is 10.6 Å². The van der Waals surface area contributed by atoms with E-state index in [2.05, 4.69) is 22.5 Å². The van der Waals surface area contributed by atoms with Crippen LogP contribution in [0.15, 0.2) is 18.2 Å². The maximum absolute atomic E-state index is 5.92. The van der Waals surface area contributed by atoms with Crippen LogP contribution >= 0.6 is 11.6 Å². The topological polar surface area (TPSA) is 27.3 Å². The molecule has 1 aliphatic rings. The average Bonchev–Trinajstić information content (AvgIpc) is 2.29.